The molecule has 2 aromatic carbocycles. The SMILES string of the molecule is CCN(C(=O)CSc1nnc(-c2cccs2)n1-c1ccccc1OC)c1ccccc1. The fourth-order valence-electron chi connectivity index (χ4n) is 3.28. The summed E-state index contributed by atoms with van der Waals surface area (Å²) < 4.78 is 7.54. The Morgan fingerprint density at radius 3 is 2.55 bits per heavy atom. The summed E-state index contributed by atoms with van der Waals surface area (Å²) in [6, 6.07) is 21.4. The molecule has 0 aliphatic carbocycles. The summed E-state index contributed by atoms with van der Waals surface area (Å²) in [5, 5.41) is 11.5. The van der Waals surface area contributed by atoms with Crippen molar-refractivity contribution in [3.05, 3.63) is 72.1 Å². The average Bonchev–Trinajstić information content (AvgIpc) is 3.48. The second-order valence-corrected chi connectivity index (χ2v) is 8.44. The maximum Gasteiger partial charge on any atom is 0.237 e. The van der Waals surface area contributed by atoms with Gasteiger partial charge in [0.2, 0.25) is 5.91 Å². The predicted octanol–water partition coefficient (Wildman–Crippen LogP) is 5.15. The van der Waals surface area contributed by atoms with Crippen molar-refractivity contribution in [2.24, 2.45) is 0 Å². The molecule has 0 aliphatic heterocycles. The lowest BCUT2D eigenvalue weighted by molar-refractivity contribution is -0.116. The van der Waals surface area contributed by atoms with Crippen molar-refractivity contribution in [2.75, 3.05) is 24.3 Å². The van der Waals surface area contributed by atoms with Crippen LogP contribution in [0.1, 0.15) is 6.92 Å². The Morgan fingerprint density at radius 1 is 1.06 bits per heavy atom. The van der Waals surface area contributed by atoms with Crippen molar-refractivity contribution in [2.45, 2.75) is 12.1 Å². The van der Waals surface area contributed by atoms with E-state index in [1.165, 1.54) is 11.8 Å². The molecule has 0 bridgehead atoms. The van der Waals surface area contributed by atoms with E-state index in [2.05, 4.69) is 10.2 Å². The van der Waals surface area contributed by atoms with E-state index in [9.17, 15) is 4.79 Å². The summed E-state index contributed by atoms with van der Waals surface area (Å²) in [7, 11) is 1.64. The Labute approximate surface area is 189 Å². The van der Waals surface area contributed by atoms with E-state index < -0.39 is 0 Å². The van der Waals surface area contributed by atoms with E-state index >= 15 is 0 Å². The van der Waals surface area contributed by atoms with E-state index in [1.54, 1.807) is 23.3 Å². The number of carbonyl (C=O) groups is 1. The van der Waals surface area contributed by atoms with E-state index in [4.69, 9.17) is 4.74 Å². The summed E-state index contributed by atoms with van der Waals surface area (Å²) in [6.07, 6.45) is 0. The smallest absolute Gasteiger partial charge is 0.237 e. The van der Waals surface area contributed by atoms with Gasteiger partial charge in [-0.25, -0.2) is 0 Å². The predicted molar refractivity (Wildman–Crippen MR) is 126 cm³/mol. The first-order valence-corrected chi connectivity index (χ1v) is 11.7. The van der Waals surface area contributed by atoms with Gasteiger partial charge < -0.3 is 9.64 Å². The molecule has 158 valence electrons. The van der Waals surface area contributed by atoms with E-state index in [0.29, 0.717) is 17.5 Å². The molecule has 2 aromatic heterocycles. The Hall–Kier alpha value is -3.10. The molecule has 0 radical (unpaired) electrons. The highest BCUT2D eigenvalue weighted by Gasteiger charge is 2.21. The number of nitrogens with zero attached hydrogens (tertiary/aromatic N) is 4. The largest absolute Gasteiger partial charge is 0.495 e. The highest BCUT2D eigenvalue weighted by Crippen LogP contribution is 2.34. The number of aromatic nitrogens is 3. The molecule has 0 atom stereocenters. The monoisotopic (exact) mass is 450 g/mol. The molecule has 4 rings (SSSR count). The lowest BCUT2D eigenvalue weighted by Crippen LogP contribution is -2.32. The zero-order chi connectivity index (χ0) is 21.6. The van der Waals surface area contributed by atoms with Gasteiger partial charge in [-0.1, -0.05) is 48.2 Å². The van der Waals surface area contributed by atoms with Crippen molar-refractivity contribution in [1.82, 2.24) is 14.8 Å². The van der Waals surface area contributed by atoms with Gasteiger partial charge in [0.05, 0.1) is 23.4 Å². The van der Waals surface area contributed by atoms with Gasteiger partial charge >= 0.3 is 0 Å². The second-order valence-electron chi connectivity index (χ2n) is 6.55. The number of methoxy groups -OCH3 is 1. The van der Waals surface area contributed by atoms with Crippen LogP contribution in [0.25, 0.3) is 16.4 Å². The third kappa shape index (κ3) is 4.50. The standard InChI is InChI=1S/C23H22N4O2S2/c1-3-26(17-10-5-4-6-11-17)21(28)16-31-23-25-24-22(20-14-9-15-30-20)27(23)18-12-7-8-13-19(18)29-2/h4-15H,3,16H2,1-2H3. The quantitative estimate of drug-likeness (QED) is 0.348. The fraction of sp³-hybridized carbons (Fsp3) is 0.174. The van der Waals surface area contributed by atoms with Gasteiger partial charge in [0.25, 0.3) is 0 Å². The molecule has 0 unspecified atom stereocenters. The van der Waals surface area contributed by atoms with Crippen LogP contribution in [0.4, 0.5) is 5.69 Å². The van der Waals surface area contributed by atoms with Crippen molar-refractivity contribution in [3.63, 3.8) is 0 Å². The van der Waals surface area contributed by atoms with E-state index in [-0.39, 0.29) is 11.7 Å². The van der Waals surface area contributed by atoms with Gasteiger partial charge in [-0.15, -0.1) is 21.5 Å². The van der Waals surface area contributed by atoms with Crippen LogP contribution in [-0.2, 0) is 4.79 Å². The normalized spacial score (nSPS) is 10.8. The summed E-state index contributed by atoms with van der Waals surface area (Å²) in [5.41, 5.74) is 1.73. The van der Waals surface area contributed by atoms with Crippen LogP contribution in [0, 0.1) is 0 Å². The maximum absolute atomic E-state index is 13.0. The first-order chi connectivity index (χ1) is 15.2. The number of anilines is 1. The Balaban J connectivity index is 1.65. The van der Waals surface area contributed by atoms with Crippen LogP contribution < -0.4 is 9.64 Å². The lowest BCUT2D eigenvalue weighted by atomic mass is 10.3. The molecule has 1 amide bonds. The highest BCUT2D eigenvalue weighted by atomic mass is 32.2. The van der Waals surface area contributed by atoms with Crippen LogP contribution >= 0.6 is 23.1 Å². The highest BCUT2D eigenvalue weighted by molar-refractivity contribution is 7.99. The minimum Gasteiger partial charge on any atom is -0.495 e. The summed E-state index contributed by atoms with van der Waals surface area (Å²) in [5.74, 6) is 1.71. The van der Waals surface area contributed by atoms with Crippen molar-refractivity contribution in [1.29, 1.82) is 0 Å². The minimum absolute atomic E-state index is 0.0194. The molecule has 31 heavy (non-hydrogen) atoms. The zero-order valence-corrected chi connectivity index (χ0v) is 18.9. The van der Waals surface area contributed by atoms with Crippen molar-refractivity contribution >= 4 is 34.7 Å². The van der Waals surface area contributed by atoms with Gasteiger partial charge in [0.1, 0.15) is 5.75 Å². The van der Waals surface area contributed by atoms with Gasteiger partial charge in [-0.05, 0) is 42.6 Å². The molecule has 0 N–H and O–H groups in total. The molecule has 8 heteroatoms. The van der Waals surface area contributed by atoms with Crippen LogP contribution in [0.2, 0.25) is 0 Å². The minimum atomic E-state index is 0.0194. The number of hydrogen-bond acceptors (Lipinski definition) is 6. The number of thioether (sulfide) groups is 1. The first-order valence-electron chi connectivity index (χ1n) is 9.83. The number of rotatable bonds is 8. The van der Waals surface area contributed by atoms with Crippen LogP contribution in [-0.4, -0.2) is 40.1 Å². The van der Waals surface area contributed by atoms with Crippen LogP contribution in [0.15, 0.2) is 77.3 Å². The van der Waals surface area contributed by atoms with Gasteiger partial charge in [-0.2, -0.15) is 0 Å². The summed E-state index contributed by atoms with van der Waals surface area (Å²) >= 11 is 2.97. The van der Waals surface area contributed by atoms with Gasteiger partial charge in [0.15, 0.2) is 11.0 Å². The number of thiophene rings is 1. The molecule has 4 aromatic rings. The topological polar surface area (TPSA) is 60.2 Å². The number of carbonyl (C=O) groups excluding carboxylic acids is 1. The molecular weight excluding hydrogens is 428 g/mol. The third-order valence-electron chi connectivity index (χ3n) is 4.71. The average molecular weight is 451 g/mol. The number of benzene rings is 2. The molecule has 6 nitrogen and oxygen atoms in total. The molecular formula is C23H22N4O2S2. The Bertz CT molecular complexity index is 1140. The molecule has 0 saturated heterocycles. The van der Waals surface area contributed by atoms with Crippen molar-refractivity contribution < 1.29 is 9.53 Å². The fourth-order valence-corrected chi connectivity index (χ4v) is 4.79. The molecule has 0 fully saturated rings. The first kappa shape index (κ1) is 21.1. The van der Waals surface area contributed by atoms with Crippen LogP contribution in [0.3, 0.4) is 0 Å². The second kappa shape index (κ2) is 9.80. The van der Waals surface area contributed by atoms with E-state index in [0.717, 1.165) is 22.1 Å². The summed E-state index contributed by atoms with van der Waals surface area (Å²) in [4.78, 5) is 15.8. The molecule has 0 aliphatic rings. The van der Waals surface area contributed by atoms with Gasteiger partial charge in [-0.3, -0.25) is 9.36 Å². The maximum atomic E-state index is 13.0. The number of ether oxygens (including phenoxy) is 1. The third-order valence-corrected chi connectivity index (χ3v) is 6.49. The summed E-state index contributed by atoms with van der Waals surface area (Å²) in [6.45, 7) is 2.57. The number of amides is 1. The lowest BCUT2D eigenvalue weighted by Gasteiger charge is -2.20. The zero-order valence-electron chi connectivity index (χ0n) is 17.3. The van der Waals surface area contributed by atoms with E-state index in [1.807, 2.05) is 83.6 Å². The Kier molecular flexibility index (Phi) is 6.69. The van der Waals surface area contributed by atoms with Crippen LogP contribution in [0.5, 0.6) is 5.75 Å². The van der Waals surface area contributed by atoms with Gasteiger partial charge in [0, 0.05) is 12.2 Å². The molecule has 2 heterocycles. The molecule has 0 saturated carbocycles. The number of hydrogen-bond donors (Lipinski definition) is 0. The Morgan fingerprint density at radius 2 is 1.84 bits per heavy atom. The number of para-hydroxylation sites is 3. The molecule has 0 spiro atoms. The van der Waals surface area contributed by atoms with Crippen molar-refractivity contribution in [3.8, 4) is 22.1 Å².